The third-order valence-electron chi connectivity index (χ3n) is 8.24. The molecule has 4 N–H and O–H groups in total. The van der Waals surface area contributed by atoms with Gasteiger partial charge >= 0.3 is 13.3 Å². The van der Waals surface area contributed by atoms with Crippen LogP contribution in [-0.2, 0) is 31.0 Å². The Kier molecular flexibility index (Phi) is 12.3. The Balaban J connectivity index is 1.52. The van der Waals surface area contributed by atoms with Crippen LogP contribution in [0.5, 0.6) is 17.2 Å². The van der Waals surface area contributed by atoms with E-state index in [4.69, 9.17) is 18.7 Å². The number of aromatic nitrogens is 2. The summed E-state index contributed by atoms with van der Waals surface area (Å²) >= 11 is 0. The number of rotatable bonds is 16. The molecule has 0 saturated carbocycles. The van der Waals surface area contributed by atoms with E-state index in [1.165, 1.54) is 25.3 Å². The second-order valence-corrected chi connectivity index (χ2v) is 13.6. The molecule has 1 heterocycles. The smallest absolute Gasteiger partial charge is 0.395 e. The maximum atomic E-state index is 13.8. The van der Waals surface area contributed by atoms with Gasteiger partial charge < -0.3 is 34.3 Å². The van der Waals surface area contributed by atoms with Gasteiger partial charge in [-0.1, -0.05) is 72.8 Å². The molecule has 0 aliphatic heterocycles. The van der Waals surface area contributed by atoms with Crippen molar-refractivity contribution < 1.29 is 37.8 Å². The Labute approximate surface area is 304 Å². The quantitative estimate of drug-likeness (QED) is 0.0858. The highest BCUT2D eigenvalue weighted by atomic mass is 31.2. The summed E-state index contributed by atoms with van der Waals surface area (Å²) in [4.78, 5) is 64.4. The van der Waals surface area contributed by atoms with Crippen molar-refractivity contribution in [1.29, 1.82) is 0 Å². The monoisotopic (exact) mass is 742 g/mol. The Morgan fingerprint density at radius 2 is 1.34 bits per heavy atom. The van der Waals surface area contributed by atoms with Gasteiger partial charge in [-0.05, 0) is 60.0 Å². The van der Waals surface area contributed by atoms with Crippen LogP contribution in [0.1, 0.15) is 22.3 Å². The number of methoxy groups -OCH3 is 2. The minimum absolute atomic E-state index is 0.119. The van der Waals surface area contributed by atoms with Gasteiger partial charge in [0.1, 0.15) is 41.7 Å². The molecule has 5 rings (SSSR count). The standard InChI is InChI=1S/C38H39N4O10P/c1-26-22-42(37(46)41-35(26)44)23-34(43)40-33(36(45)39-25-53(47,48)52-32-12-8-5-9-13-32)24-51-38(27-10-6-4-7-11-27,28-14-18-30(49-2)19-15-28)29-16-20-31(50-3)21-17-29/h4-22,33H,23-25H2,1-3H3,(H,39,45)(H,40,43)(H,47,48)(H,41,44,46)/t33-/m0/s1. The molecule has 1 unspecified atom stereocenters. The maximum Gasteiger partial charge on any atom is 0.395 e. The lowest BCUT2D eigenvalue weighted by atomic mass is 9.80. The number of ether oxygens (including phenoxy) is 3. The van der Waals surface area contributed by atoms with Gasteiger partial charge in [0.05, 0.1) is 20.8 Å². The van der Waals surface area contributed by atoms with Gasteiger partial charge in [-0.15, -0.1) is 0 Å². The van der Waals surface area contributed by atoms with E-state index >= 15 is 0 Å². The van der Waals surface area contributed by atoms with Crippen LogP contribution in [0.2, 0.25) is 0 Å². The van der Waals surface area contributed by atoms with Crippen LogP contribution >= 0.6 is 7.60 Å². The zero-order valence-corrected chi connectivity index (χ0v) is 30.1. The summed E-state index contributed by atoms with van der Waals surface area (Å²) in [6, 6.07) is 30.0. The van der Waals surface area contributed by atoms with E-state index in [0.29, 0.717) is 28.2 Å². The Hall–Kier alpha value is -5.95. The first-order chi connectivity index (χ1) is 25.4. The van der Waals surface area contributed by atoms with Gasteiger partial charge in [0.2, 0.25) is 11.8 Å². The summed E-state index contributed by atoms with van der Waals surface area (Å²) in [6.45, 7) is 0.443. The molecule has 0 fully saturated rings. The van der Waals surface area contributed by atoms with Crippen LogP contribution in [0, 0.1) is 6.92 Å². The van der Waals surface area contributed by atoms with Crippen molar-refractivity contribution in [3.63, 3.8) is 0 Å². The first-order valence-corrected chi connectivity index (χ1v) is 18.1. The summed E-state index contributed by atoms with van der Waals surface area (Å²) in [5.74, 6) is -0.355. The number of nitrogens with one attached hydrogen (secondary N) is 3. The average molecular weight is 743 g/mol. The fourth-order valence-electron chi connectivity index (χ4n) is 5.58. The van der Waals surface area contributed by atoms with E-state index in [0.717, 1.165) is 4.57 Å². The van der Waals surface area contributed by atoms with Crippen LogP contribution in [0.4, 0.5) is 0 Å². The predicted molar refractivity (Wildman–Crippen MR) is 196 cm³/mol. The molecule has 53 heavy (non-hydrogen) atoms. The molecule has 4 aromatic carbocycles. The van der Waals surface area contributed by atoms with Crippen LogP contribution in [0.25, 0.3) is 0 Å². The first-order valence-electron chi connectivity index (χ1n) is 16.4. The molecule has 0 aliphatic carbocycles. The van der Waals surface area contributed by atoms with Gasteiger partial charge in [-0.25, -0.2) is 9.36 Å². The lowest BCUT2D eigenvalue weighted by Gasteiger charge is -2.37. The summed E-state index contributed by atoms with van der Waals surface area (Å²) in [6.07, 6.45) is 0.426. The molecule has 1 aromatic heterocycles. The molecule has 5 aromatic rings. The number of H-pyrrole nitrogens is 1. The number of nitrogens with zero attached hydrogens (tertiary/aromatic N) is 1. The lowest BCUT2D eigenvalue weighted by Crippen LogP contribution is -2.52. The second kappa shape index (κ2) is 17.0. The van der Waals surface area contributed by atoms with Gasteiger partial charge in [-0.2, -0.15) is 0 Å². The third-order valence-corrected chi connectivity index (χ3v) is 9.29. The lowest BCUT2D eigenvalue weighted by molar-refractivity contribution is -0.132. The number of hydrogen-bond acceptors (Lipinski definition) is 9. The van der Waals surface area contributed by atoms with E-state index in [9.17, 15) is 28.6 Å². The number of carbonyl (C=O) groups excluding carboxylic acids is 2. The zero-order valence-electron chi connectivity index (χ0n) is 29.2. The van der Waals surface area contributed by atoms with Crippen molar-refractivity contribution in [2.75, 3.05) is 27.1 Å². The highest BCUT2D eigenvalue weighted by molar-refractivity contribution is 7.53. The van der Waals surface area contributed by atoms with Crippen molar-refractivity contribution in [2.45, 2.75) is 25.1 Å². The number of aromatic amines is 1. The Morgan fingerprint density at radius 3 is 1.89 bits per heavy atom. The molecule has 0 bridgehead atoms. The van der Waals surface area contributed by atoms with Gasteiger partial charge in [-0.3, -0.25) is 23.9 Å². The van der Waals surface area contributed by atoms with E-state index in [1.807, 2.05) is 54.6 Å². The molecule has 0 saturated heterocycles. The maximum absolute atomic E-state index is 13.8. The highest BCUT2D eigenvalue weighted by Gasteiger charge is 2.40. The molecule has 15 heteroatoms. The minimum atomic E-state index is -4.41. The van der Waals surface area contributed by atoms with Crippen molar-refractivity contribution in [2.24, 2.45) is 0 Å². The second-order valence-electron chi connectivity index (χ2n) is 11.9. The molecular formula is C38H39N4O10P. The van der Waals surface area contributed by atoms with E-state index in [1.54, 1.807) is 56.7 Å². The van der Waals surface area contributed by atoms with Crippen molar-refractivity contribution in [3.05, 3.63) is 158 Å². The fourth-order valence-corrected chi connectivity index (χ4v) is 6.45. The number of benzene rings is 4. The molecular weight excluding hydrogens is 703 g/mol. The number of para-hydroxylation sites is 1. The van der Waals surface area contributed by atoms with Crippen LogP contribution in [-0.4, -0.2) is 59.4 Å². The average Bonchev–Trinajstić information content (AvgIpc) is 3.17. The van der Waals surface area contributed by atoms with Crippen LogP contribution < -0.4 is 35.9 Å². The zero-order chi connectivity index (χ0) is 38.0. The molecule has 14 nitrogen and oxygen atoms in total. The van der Waals surface area contributed by atoms with Crippen LogP contribution in [0.15, 0.2) is 125 Å². The summed E-state index contributed by atoms with van der Waals surface area (Å²) in [7, 11) is -1.32. The van der Waals surface area contributed by atoms with Crippen molar-refractivity contribution in [1.82, 2.24) is 20.2 Å². The first kappa shape index (κ1) is 38.3. The summed E-state index contributed by atoms with van der Waals surface area (Å²) in [5.41, 5.74) is -0.658. The van der Waals surface area contributed by atoms with Gasteiger partial charge in [0, 0.05) is 11.8 Å². The van der Waals surface area contributed by atoms with Gasteiger partial charge in [0.15, 0.2) is 0 Å². The molecule has 0 aliphatic rings. The van der Waals surface area contributed by atoms with E-state index in [2.05, 4.69) is 15.6 Å². The number of carbonyl (C=O) groups is 2. The highest BCUT2D eigenvalue weighted by Crippen LogP contribution is 2.43. The third kappa shape index (κ3) is 9.49. The van der Waals surface area contributed by atoms with Crippen LogP contribution in [0.3, 0.4) is 0 Å². The Bertz CT molecular complexity index is 2130. The SMILES string of the molecule is COc1ccc(C(OC[C@H](NC(=O)Cn2cc(C)c(=O)[nH]c2=O)C(=O)NCP(=O)(O)Oc2ccccc2)(c2ccccc2)c2ccc(OC)cc2)cc1. The largest absolute Gasteiger partial charge is 0.497 e. The fraction of sp³-hybridized carbons (Fsp3) is 0.211. The van der Waals surface area contributed by atoms with E-state index < -0.39 is 61.7 Å². The Morgan fingerprint density at radius 1 is 0.811 bits per heavy atom. The molecule has 0 spiro atoms. The number of amides is 2. The normalized spacial score (nSPS) is 12.9. The minimum Gasteiger partial charge on any atom is -0.497 e. The molecule has 2 amide bonds. The number of aryl methyl sites for hydroxylation is 1. The topological polar surface area (TPSA) is 187 Å². The molecule has 0 radical (unpaired) electrons. The van der Waals surface area contributed by atoms with E-state index in [-0.39, 0.29) is 11.3 Å². The summed E-state index contributed by atoms with van der Waals surface area (Å²) in [5, 5.41) is 5.00. The van der Waals surface area contributed by atoms with Crippen molar-refractivity contribution in [3.8, 4) is 17.2 Å². The molecule has 2 atom stereocenters. The number of hydrogen-bond donors (Lipinski definition) is 4. The van der Waals surface area contributed by atoms with Crippen molar-refractivity contribution >= 4 is 19.4 Å². The summed E-state index contributed by atoms with van der Waals surface area (Å²) < 4.78 is 36.8. The predicted octanol–water partition coefficient (Wildman–Crippen LogP) is 3.69. The molecule has 276 valence electrons. The van der Waals surface area contributed by atoms with Gasteiger partial charge in [0.25, 0.3) is 5.56 Å².